The van der Waals surface area contributed by atoms with Gasteiger partial charge in [0.2, 0.25) is 5.91 Å². The lowest BCUT2D eigenvalue weighted by Gasteiger charge is -2.48. The number of amides is 2. The van der Waals surface area contributed by atoms with Crippen LogP contribution in [0.4, 0.5) is 5.82 Å². The molecule has 2 aliphatic rings. The predicted molar refractivity (Wildman–Crippen MR) is 132 cm³/mol. The van der Waals surface area contributed by atoms with Gasteiger partial charge in [0.1, 0.15) is 5.75 Å². The number of aromatic nitrogens is 2. The van der Waals surface area contributed by atoms with Crippen LogP contribution in [-0.2, 0) is 21.7 Å². The molecule has 33 heavy (non-hydrogen) atoms. The maximum absolute atomic E-state index is 13.4. The van der Waals surface area contributed by atoms with Gasteiger partial charge in [-0.15, -0.1) is 0 Å². The third-order valence-corrected chi connectivity index (χ3v) is 11.4. The summed E-state index contributed by atoms with van der Waals surface area (Å²) in [6.45, 7) is 12.8. The molecule has 4 rings (SSSR count). The zero-order valence-corrected chi connectivity index (χ0v) is 22.0. The van der Waals surface area contributed by atoms with Gasteiger partial charge in [-0.3, -0.25) is 14.7 Å². The van der Waals surface area contributed by atoms with Crippen molar-refractivity contribution in [3.05, 3.63) is 40.5 Å². The van der Waals surface area contributed by atoms with Crippen molar-refractivity contribution in [3.8, 4) is 5.75 Å². The Hall–Kier alpha value is -2.32. The van der Waals surface area contributed by atoms with Gasteiger partial charge < -0.3 is 15.0 Å². The molecule has 1 fully saturated rings. The van der Waals surface area contributed by atoms with E-state index in [4.69, 9.17) is 16.3 Å². The number of rotatable bonds is 6. The Kier molecular flexibility index (Phi) is 5.89. The van der Waals surface area contributed by atoms with Gasteiger partial charge >= 0.3 is 0 Å². The Morgan fingerprint density at radius 3 is 2.48 bits per heavy atom. The van der Waals surface area contributed by atoms with Crippen LogP contribution < -0.4 is 10.1 Å². The average Bonchev–Trinajstić information content (AvgIpc) is 3.19. The van der Waals surface area contributed by atoms with Gasteiger partial charge in [0.15, 0.2) is 11.9 Å². The lowest BCUT2D eigenvalue weighted by Crippen LogP contribution is -2.52. The van der Waals surface area contributed by atoms with E-state index in [1.54, 1.807) is 24.0 Å². The van der Waals surface area contributed by atoms with Crippen molar-refractivity contribution >= 4 is 37.3 Å². The number of hydrogen-bond acceptors (Lipinski definition) is 4. The van der Waals surface area contributed by atoms with E-state index in [2.05, 4.69) is 35.2 Å². The van der Waals surface area contributed by atoms with Gasteiger partial charge in [0.05, 0.1) is 30.9 Å². The standard InChI is InChI=1S/C24H33ClN4O3Si/c1-15(32-18-11-8-7-10-17(18)25)21(30)29-14-16-19(23(29,2)3)27-28-20(16)26-22(31)24(12-9-13-24)33(4,5)6/h7-8,10-11,15H,9,12-14H2,1-6H3,(H2,26,27,28,31). The van der Waals surface area contributed by atoms with Crippen LogP contribution in [0.3, 0.4) is 0 Å². The first-order chi connectivity index (χ1) is 15.4. The molecule has 9 heteroatoms. The Bertz CT molecular complexity index is 1090. The molecule has 0 saturated heterocycles. The van der Waals surface area contributed by atoms with Crippen LogP contribution in [-0.4, -0.2) is 41.1 Å². The third-order valence-electron chi connectivity index (χ3n) is 7.53. The lowest BCUT2D eigenvalue weighted by molar-refractivity contribution is -0.143. The van der Waals surface area contributed by atoms with Crippen LogP contribution in [0, 0.1) is 0 Å². The molecule has 2 amide bonds. The van der Waals surface area contributed by atoms with Crippen LogP contribution in [0.15, 0.2) is 24.3 Å². The zero-order chi connectivity index (χ0) is 24.2. The fourth-order valence-corrected chi connectivity index (χ4v) is 7.83. The molecular formula is C24H33ClN4O3Si. The summed E-state index contributed by atoms with van der Waals surface area (Å²) in [4.78, 5) is 28.5. The molecule has 0 radical (unpaired) electrons. The lowest BCUT2D eigenvalue weighted by atomic mass is 9.83. The third kappa shape index (κ3) is 3.87. The fraction of sp³-hybridized carbons (Fsp3) is 0.542. The van der Waals surface area contributed by atoms with Gasteiger partial charge in [-0.25, -0.2) is 0 Å². The van der Waals surface area contributed by atoms with Gasteiger partial charge in [0.25, 0.3) is 5.91 Å². The molecule has 2 heterocycles. The highest BCUT2D eigenvalue weighted by atomic mass is 35.5. The smallest absolute Gasteiger partial charge is 0.264 e. The number of carbonyl (C=O) groups is 2. The van der Waals surface area contributed by atoms with E-state index >= 15 is 0 Å². The van der Waals surface area contributed by atoms with E-state index in [0.717, 1.165) is 30.5 Å². The summed E-state index contributed by atoms with van der Waals surface area (Å²) in [5, 5.41) is 10.8. The van der Waals surface area contributed by atoms with Crippen molar-refractivity contribution < 1.29 is 14.3 Å². The molecule has 0 spiro atoms. The first-order valence-corrected chi connectivity index (χ1v) is 15.4. The van der Waals surface area contributed by atoms with E-state index in [0.29, 0.717) is 23.1 Å². The van der Waals surface area contributed by atoms with E-state index in [9.17, 15) is 9.59 Å². The van der Waals surface area contributed by atoms with Gasteiger partial charge in [-0.1, -0.05) is 49.8 Å². The number of ether oxygens (including phenoxy) is 1. The molecule has 0 bridgehead atoms. The molecule has 1 unspecified atom stereocenters. The van der Waals surface area contributed by atoms with Crippen molar-refractivity contribution in [2.75, 3.05) is 5.32 Å². The fourth-order valence-electron chi connectivity index (χ4n) is 5.05. The predicted octanol–water partition coefficient (Wildman–Crippen LogP) is 5.31. The molecule has 1 aliphatic heterocycles. The van der Waals surface area contributed by atoms with Crippen molar-refractivity contribution in [1.82, 2.24) is 15.1 Å². The van der Waals surface area contributed by atoms with Crippen molar-refractivity contribution in [2.24, 2.45) is 0 Å². The zero-order valence-electron chi connectivity index (χ0n) is 20.2. The number of nitrogens with zero attached hydrogens (tertiary/aromatic N) is 2. The summed E-state index contributed by atoms with van der Waals surface area (Å²) in [6.07, 6.45) is 2.25. The van der Waals surface area contributed by atoms with Crippen LogP contribution >= 0.6 is 11.6 Å². The minimum atomic E-state index is -1.70. The van der Waals surface area contributed by atoms with Gasteiger partial charge in [-0.2, -0.15) is 5.10 Å². The second-order valence-electron chi connectivity index (χ2n) is 10.7. The van der Waals surface area contributed by atoms with Crippen molar-refractivity contribution in [2.45, 2.75) is 82.9 Å². The maximum Gasteiger partial charge on any atom is 0.264 e. The molecule has 2 N–H and O–H groups in total. The van der Waals surface area contributed by atoms with E-state index in [-0.39, 0.29) is 16.9 Å². The largest absolute Gasteiger partial charge is 0.479 e. The van der Waals surface area contributed by atoms with Crippen molar-refractivity contribution in [3.63, 3.8) is 0 Å². The summed E-state index contributed by atoms with van der Waals surface area (Å²) in [5.41, 5.74) is 1.08. The van der Waals surface area contributed by atoms with E-state index in [1.807, 2.05) is 26.0 Å². The Balaban J connectivity index is 1.53. The maximum atomic E-state index is 13.4. The monoisotopic (exact) mass is 488 g/mol. The summed E-state index contributed by atoms with van der Waals surface area (Å²) in [6, 6.07) is 7.11. The summed E-state index contributed by atoms with van der Waals surface area (Å²) in [5.74, 6) is 0.921. The first kappa shape index (κ1) is 23.8. The highest BCUT2D eigenvalue weighted by Crippen LogP contribution is 2.56. The topological polar surface area (TPSA) is 87.3 Å². The van der Waals surface area contributed by atoms with Crippen LogP contribution in [0.25, 0.3) is 0 Å². The van der Waals surface area contributed by atoms with Crippen molar-refractivity contribution in [1.29, 1.82) is 0 Å². The molecule has 1 aromatic heterocycles. The Labute approximate surface area is 201 Å². The summed E-state index contributed by atoms with van der Waals surface area (Å²) in [7, 11) is -1.70. The number of para-hydroxylation sites is 1. The molecule has 1 atom stereocenters. The van der Waals surface area contributed by atoms with Gasteiger partial charge in [-0.05, 0) is 45.7 Å². The molecule has 178 valence electrons. The normalized spacial score (nSPS) is 19.4. The SMILES string of the molecule is CC(Oc1ccccc1Cl)C(=O)N1Cc2c(NC(=O)C3([Si](C)(C)C)CCC3)n[nH]c2C1(C)C. The first-order valence-electron chi connectivity index (χ1n) is 11.5. The summed E-state index contributed by atoms with van der Waals surface area (Å²) >= 11 is 6.20. The molecule has 1 aliphatic carbocycles. The number of hydrogen-bond donors (Lipinski definition) is 2. The minimum absolute atomic E-state index is 0.0696. The number of anilines is 1. The minimum Gasteiger partial charge on any atom is -0.479 e. The number of aromatic amines is 1. The highest BCUT2D eigenvalue weighted by Gasteiger charge is 2.54. The van der Waals surface area contributed by atoms with Crippen LogP contribution in [0.5, 0.6) is 5.75 Å². The number of fused-ring (bicyclic) bond motifs is 1. The molecular weight excluding hydrogens is 456 g/mol. The van der Waals surface area contributed by atoms with Crippen LogP contribution in [0.2, 0.25) is 29.7 Å². The second kappa shape index (κ2) is 8.16. The number of H-pyrrole nitrogens is 1. The molecule has 1 aromatic carbocycles. The van der Waals surface area contributed by atoms with Gasteiger partial charge in [0, 0.05) is 10.6 Å². The molecule has 7 nitrogen and oxygen atoms in total. The number of nitrogens with one attached hydrogen (secondary N) is 2. The van der Waals surface area contributed by atoms with E-state index in [1.165, 1.54) is 0 Å². The quantitative estimate of drug-likeness (QED) is 0.539. The average molecular weight is 489 g/mol. The number of halogens is 1. The Morgan fingerprint density at radius 2 is 1.91 bits per heavy atom. The Morgan fingerprint density at radius 1 is 1.24 bits per heavy atom. The summed E-state index contributed by atoms with van der Waals surface area (Å²) < 4.78 is 5.87. The number of carbonyl (C=O) groups excluding carboxylic acids is 2. The highest BCUT2D eigenvalue weighted by molar-refractivity contribution is 6.83. The number of benzene rings is 1. The van der Waals surface area contributed by atoms with E-state index < -0.39 is 19.7 Å². The van der Waals surface area contributed by atoms with Crippen LogP contribution in [0.1, 0.15) is 51.3 Å². The molecule has 2 aromatic rings. The second-order valence-corrected chi connectivity index (χ2v) is 16.6. The molecule has 1 saturated carbocycles.